The van der Waals surface area contributed by atoms with Crippen molar-refractivity contribution >= 4 is 17.5 Å². The lowest BCUT2D eigenvalue weighted by Gasteiger charge is -2.15. The number of carbonyl (C=O) groups is 1. The van der Waals surface area contributed by atoms with Gasteiger partial charge in [-0.1, -0.05) is 11.6 Å². The summed E-state index contributed by atoms with van der Waals surface area (Å²) in [5, 5.41) is 7.65. The van der Waals surface area contributed by atoms with Gasteiger partial charge >= 0.3 is 0 Å². The molecule has 0 aromatic carbocycles. The number of carbonyl (C=O) groups excluding carboxylic acids is 1. The predicted octanol–water partition coefficient (Wildman–Crippen LogP) is 2.58. The Labute approximate surface area is 123 Å². The smallest absolute Gasteiger partial charge is 0.253 e. The summed E-state index contributed by atoms with van der Waals surface area (Å²) in [6, 6.07) is 1.47. The Kier molecular flexibility index (Phi) is 4.09. The molecule has 0 spiro atoms. The van der Waals surface area contributed by atoms with Gasteiger partial charge in [0.15, 0.2) is 0 Å². The fourth-order valence-corrected chi connectivity index (χ4v) is 2.53. The van der Waals surface area contributed by atoms with Crippen LogP contribution in [0.4, 0.5) is 0 Å². The fourth-order valence-electron chi connectivity index (χ4n) is 2.32. The summed E-state index contributed by atoms with van der Waals surface area (Å²) in [4.78, 5) is 16.1. The zero-order valence-electron chi connectivity index (χ0n) is 11.9. The zero-order chi connectivity index (χ0) is 14.9. The highest BCUT2D eigenvalue weighted by Gasteiger charge is 2.19. The molecule has 0 aliphatic carbocycles. The molecule has 1 amide bonds. The van der Waals surface area contributed by atoms with Crippen LogP contribution in [0.3, 0.4) is 0 Å². The Hall–Kier alpha value is -1.88. The van der Waals surface area contributed by atoms with Crippen molar-refractivity contribution in [2.24, 2.45) is 7.05 Å². The van der Waals surface area contributed by atoms with Crippen molar-refractivity contribution in [2.75, 3.05) is 0 Å². The number of hydrogen-bond donors (Lipinski definition) is 1. The van der Waals surface area contributed by atoms with Gasteiger partial charge in [-0.25, -0.2) is 0 Å². The summed E-state index contributed by atoms with van der Waals surface area (Å²) >= 11 is 5.98. The summed E-state index contributed by atoms with van der Waals surface area (Å²) in [6.07, 6.45) is 3.01. The Morgan fingerprint density at radius 3 is 2.70 bits per heavy atom. The largest absolute Gasteiger partial charge is 0.345 e. The van der Waals surface area contributed by atoms with E-state index in [1.165, 1.54) is 6.20 Å². The second-order valence-electron chi connectivity index (χ2n) is 4.76. The lowest BCUT2D eigenvalue weighted by Crippen LogP contribution is -2.27. The normalized spacial score (nSPS) is 12.2. The molecule has 2 heterocycles. The molecule has 0 aliphatic heterocycles. The van der Waals surface area contributed by atoms with E-state index in [9.17, 15) is 4.79 Å². The minimum atomic E-state index is -0.215. The summed E-state index contributed by atoms with van der Waals surface area (Å²) in [5.74, 6) is -0.215. The third-order valence-electron chi connectivity index (χ3n) is 3.36. The molecular weight excluding hydrogens is 276 g/mol. The van der Waals surface area contributed by atoms with Crippen molar-refractivity contribution in [3.05, 3.63) is 46.0 Å². The van der Waals surface area contributed by atoms with Gasteiger partial charge in [0.25, 0.3) is 5.91 Å². The number of halogens is 1. The quantitative estimate of drug-likeness (QED) is 0.946. The minimum absolute atomic E-state index is 0.138. The van der Waals surface area contributed by atoms with E-state index in [1.54, 1.807) is 12.3 Å². The maximum atomic E-state index is 12.2. The summed E-state index contributed by atoms with van der Waals surface area (Å²) in [6.45, 7) is 5.85. The van der Waals surface area contributed by atoms with Crippen LogP contribution in [-0.4, -0.2) is 20.7 Å². The molecule has 106 valence electrons. The molecule has 1 atom stereocenters. The SMILES string of the molecule is Cc1nn(C)c(C)c1C(C)NC(=O)c1ccncc1Cl. The van der Waals surface area contributed by atoms with E-state index in [0.717, 1.165) is 17.0 Å². The van der Waals surface area contributed by atoms with E-state index in [0.29, 0.717) is 10.6 Å². The van der Waals surface area contributed by atoms with Gasteiger partial charge in [0.05, 0.1) is 22.3 Å². The number of hydrogen-bond acceptors (Lipinski definition) is 3. The Balaban J connectivity index is 2.22. The molecule has 20 heavy (non-hydrogen) atoms. The monoisotopic (exact) mass is 292 g/mol. The topological polar surface area (TPSA) is 59.8 Å². The molecule has 1 N–H and O–H groups in total. The number of nitrogens with one attached hydrogen (secondary N) is 1. The van der Waals surface area contributed by atoms with Crippen molar-refractivity contribution < 1.29 is 4.79 Å². The summed E-state index contributed by atoms with van der Waals surface area (Å²) in [7, 11) is 1.89. The van der Waals surface area contributed by atoms with Crippen LogP contribution in [0.15, 0.2) is 18.5 Å². The maximum Gasteiger partial charge on any atom is 0.253 e. The second kappa shape index (κ2) is 5.63. The van der Waals surface area contributed by atoms with E-state index in [2.05, 4.69) is 15.4 Å². The highest BCUT2D eigenvalue weighted by molar-refractivity contribution is 6.33. The molecular formula is C14H17ClN4O. The van der Waals surface area contributed by atoms with Gasteiger partial charge in [-0.05, 0) is 26.8 Å². The van der Waals surface area contributed by atoms with Crippen LogP contribution >= 0.6 is 11.6 Å². The van der Waals surface area contributed by atoms with Crippen molar-refractivity contribution in [1.29, 1.82) is 0 Å². The first-order chi connectivity index (χ1) is 9.41. The molecule has 0 radical (unpaired) electrons. The molecule has 2 aromatic heterocycles. The van der Waals surface area contributed by atoms with E-state index in [4.69, 9.17) is 11.6 Å². The van der Waals surface area contributed by atoms with Gasteiger partial charge in [0.1, 0.15) is 0 Å². The number of pyridine rings is 1. The van der Waals surface area contributed by atoms with Crippen molar-refractivity contribution in [3.8, 4) is 0 Å². The molecule has 2 aromatic rings. The van der Waals surface area contributed by atoms with Gasteiger partial charge < -0.3 is 5.32 Å². The number of rotatable bonds is 3. The van der Waals surface area contributed by atoms with Crippen LogP contribution in [0.5, 0.6) is 0 Å². The molecule has 5 nitrogen and oxygen atoms in total. The average molecular weight is 293 g/mol. The first-order valence-electron chi connectivity index (χ1n) is 6.32. The molecule has 2 rings (SSSR count). The van der Waals surface area contributed by atoms with Gasteiger partial charge in [-0.3, -0.25) is 14.5 Å². The van der Waals surface area contributed by atoms with Crippen molar-refractivity contribution in [1.82, 2.24) is 20.1 Å². The molecule has 1 unspecified atom stereocenters. The van der Waals surface area contributed by atoms with Crippen LogP contribution in [0.1, 0.15) is 40.3 Å². The van der Waals surface area contributed by atoms with Crippen LogP contribution in [-0.2, 0) is 7.05 Å². The van der Waals surface area contributed by atoms with Gasteiger partial charge in [0.2, 0.25) is 0 Å². The standard InChI is InChI=1S/C14H17ClN4O/c1-8(13-9(2)18-19(4)10(13)3)17-14(20)11-5-6-16-7-12(11)15/h5-8H,1-4H3,(H,17,20). The van der Waals surface area contributed by atoms with Crippen LogP contribution < -0.4 is 5.32 Å². The van der Waals surface area contributed by atoms with E-state index in [-0.39, 0.29) is 11.9 Å². The number of aromatic nitrogens is 3. The first-order valence-corrected chi connectivity index (χ1v) is 6.70. The number of amides is 1. The summed E-state index contributed by atoms with van der Waals surface area (Å²) < 4.78 is 1.81. The predicted molar refractivity (Wildman–Crippen MR) is 77.8 cm³/mol. The number of nitrogens with zero attached hydrogens (tertiary/aromatic N) is 3. The van der Waals surface area contributed by atoms with Crippen molar-refractivity contribution in [3.63, 3.8) is 0 Å². The molecule has 0 saturated carbocycles. The first kappa shape index (κ1) is 14.5. The minimum Gasteiger partial charge on any atom is -0.345 e. The molecule has 0 fully saturated rings. The fraction of sp³-hybridized carbons (Fsp3) is 0.357. The Morgan fingerprint density at radius 1 is 1.45 bits per heavy atom. The van der Waals surface area contributed by atoms with Crippen LogP contribution in [0.25, 0.3) is 0 Å². The zero-order valence-corrected chi connectivity index (χ0v) is 12.7. The maximum absolute atomic E-state index is 12.2. The van der Waals surface area contributed by atoms with Crippen LogP contribution in [0.2, 0.25) is 5.02 Å². The lowest BCUT2D eigenvalue weighted by molar-refractivity contribution is 0.0940. The molecule has 0 bridgehead atoms. The Bertz CT molecular complexity index is 651. The van der Waals surface area contributed by atoms with Gasteiger partial charge in [0, 0.05) is 30.7 Å². The van der Waals surface area contributed by atoms with Gasteiger partial charge in [-0.15, -0.1) is 0 Å². The summed E-state index contributed by atoms with van der Waals surface area (Å²) in [5.41, 5.74) is 3.41. The second-order valence-corrected chi connectivity index (χ2v) is 5.17. The van der Waals surface area contributed by atoms with Crippen molar-refractivity contribution in [2.45, 2.75) is 26.8 Å². The highest BCUT2D eigenvalue weighted by atomic mass is 35.5. The van der Waals surface area contributed by atoms with E-state index < -0.39 is 0 Å². The van der Waals surface area contributed by atoms with Crippen LogP contribution in [0, 0.1) is 13.8 Å². The van der Waals surface area contributed by atoms with Gasteiger partial charge in [-0.2, -0.15) is 5.10 Å². The lowest BCUT2D eigenvalue weighted by atomic mass is 10.1. The number of aryl methyl sites for hydroxylation is 2. The average Bonchev–Trinajstić information content (AvgIpc) is 2.63. The molecule has 0 saturated heterocycles. The van der Waals surface area contributed by atoms with E-state index in [1.807, 2.05) is 32.5 Å². The Morgan fingerprint density at radius 2 is 2.15 bits per heavy atom. The third kappa shape index (κ3) is 2.67. The van der Waals surface area contributed by atoms with E-state index >= 15 is 0 Å². The molecule has 0 aliphatic rings. The highest BCUT2D eigenvalue weighted by Crippen LogP contribution is 2.22. The third-order valence-corrected chi connectivity index (χ3v) is 3.66. The molecule has 6 heteroatoms.